The summed E-state index contributed by atoms with van der Waals surface area (Å²) >= 11 is 0. The van der Waals surface area contributed by atoms with E-state index in [4.69, 9.17) is 67.6 Å². The summed E-state index contributed by atoms with van der Waals surface area (Å²) in [7, 11) is -17.2. The van der Waals surface area contributed by atoms with Gasteiger partial charge in [-0.05, 0) is 55.4 Å². The van der Waals surface area contributed by atoms with Gasteiger partial charge in [0, 0.05) is 66.7 Å². The number of aliphatic carboxylic acids is 2. The summed E-state index contributed by atoms with van der Waals surface area (Å²) in [6, 6.07) is 0. The molecule has 0 bridgehead atoms. The number of hydrogen-bond donors (Lipinski definition) is 4. The third kappa shape index (κ3) is 22.5. The van der Waals surface area contributed by atoms with Gasteiger partial charge in [-0.15, -0.1) is 0 Å². The quantitative estimate of drug-likeness (QED) is 0.119. The van der Waals surface area contributed by atoms with Gasteiger partial charge in [0.05, 0.1) is 0 Å². The Balaban J connectivity index is -0.00000158. The van der Waals surface area contributed by atoms with Crippen molar-refractivity contribution in [2.24, 2.45) is 0 Å². The van der Waals surface area contributed by atoms with Gasteiger partial charge in [0.1, 0.15) is 0 Å². The molecule has 0 unspecified atom stereocenters. The Bertz CT molecular complexity index is 590. The van der Waals surface area contributed by atoms with Crippen LogP contribution in [0.3, 0.4) is 0 Å². The van der Waals surface area contributed by atoms with Crippen LogP contribution in [0.15, 0.2) is 0 Å². The summed E-state index contributed by atoms with van der Waals surface area (Å²) in [6.07, 6.45) is 0. The van der Waals surface area contributed by atoms with Crippen molar-refractivity contribution in [3.8, 4) is 0 Å². The highest BCUT2D eigenvalue weighted by molar-refractivity contribution is 6.77. The lowest BCUT2D eigenvalue weighted by Gasteiger charge is -2.39. The van der Waals surface area contributed by atoms with Crippen molar-refractivity contribution in [1.29, 1.82) is 0 Å². The molecule has 0 amide bonds. The highest BCUT2D eigenvalue weighted by Crippen LogP contribution is 2.28. The van der Waals surface area contributed by atoms with Crippen LogP contribution in [0.2, 0.25) is 0 Å². The fourth-order valence-electron chi connectivity index (χ4n) is 2.47. The first kappa shape index (κ1) is 44.7. The molecule has 0 fully saturated rings. The molecular weight excluding hydrogens is 625 g/mol. The van der Waals surface area contributed by atoms with Gasteiger partial charge in [-0.1, -0.05) is 0 Å². The summed E-state index contributed by atoms with van der Waals surface area (Å²) in [4.78, 5) is 39.9. The van der Waals surface area contributed by atoms with Gasteiger partial charge in [-0.25, -0.2) is 0 Å². The van der Waals surface area contributed by atoms with Crippen LogP contribution in [0, 0.1) is 0 Å². The molecule has 0 saturated carbocycles. The van der Waals surface area contributed by atoms with Crippen molar-refractivity contribution >= 4 is 48.1 Å². The topological polar surface area (TPSA) is 217 Å². The maximum absolute atomic E-state index is 10.9. The zero-order chi connectivity index (χ0) is 32.6. The monoisotopic (exact) mass is 674 g/mol. The average Bonchev–Trinajstić information content (AvgIpc) is 2.79. The minimum Gasteiger partial charge on any atom is -0.481 e. The van der Waals surface area contributed by atoms with E-state index in [1.165, 1.54) is 0 Å². The standard InChI is InChI=1S/C16H42O13Si4.2C2H4O2/c1-9-19-30(17,20-10-2)27-32(23-13-5,24-14-6)29-33(25-15-7,26-16-8)28-31(18,21-11-3)22-12-4;2*1-2(3)4/h17-18H,9-16H2,1-8H3;2*1H3,(H,3,4). The summed E-state index contributed by atoms with van der Waals surface area (Å²) in [5.41, 5.74) is 0. The van der Waals surface area contributed by atoms with E-state index in [-0.39, 0.29) is 52.9 Å². The minimum atomic E-state index is -4.31. The molecule has 0 aromatic rings. The van der Waals surface area contributed by atoms with E-state index < -0.39 is 48.1 Å². The summed E-state index contributed by atoms with van der Waals surface area (Å²) < 4.78 is 62.4. The fourth-order valence-corrected chi connectivity index (χ4v) is 13.3. The van der Waals surface area contributed by atoms with Crippen molar-refractivity contribution in [3.63, 3.8) is 0 Å². The molecule has 21 heteroatoms. The predicted molar refractivity (Wildman–Crippen MR) is 150 cm³/mol. The molecule has 0 rings (SSSR count). The summed E-state index contributed by atoms with van der Waals surface area (Å²) in [6.45, 7) is 16.3. The highest BCUT2D eigenvalue weighted by atomic mass is 28.5. The number of carboxylic acid groups (broad SMARTS) is 2. The van der Waals surface area contributed by atoms with Gasteiger partial charge in [0.25, 0.3) is 11.9 Å². The van der Waals surface area contributed by atoms with Gasteiger partial charge >= 0.3 is 36.2 Å². The Kier molecular flexibility index (Phi) is 26.9. The van der Waals surface area contributed by atoms with E-state index in [9.17, 15) is 9.59 Å². The van der Waals surface area contributed by atoms with Crippen LogP contribution in [0.25, 0.3) is 0 Å². The first-order chi connectivity index (χ1) is 19.1. The summed E-state index contributed by atoms with van der Waals surface area (Å²) in [5.74, 6) is -1.67. The minimum absolute atomic E-state index is 0.0797. The van der Waals surface area contributed by atoms with Crippen LogP contribution in [-0.4, -0.2) is 121 Å². The first-order valence-corrected chi connectivity index (χ1v) is 19.7. The molecule has 0 atom stereocenters. The van der Waals surface area contributed by atoms with E-state index in [1.54, 1.807) is 55.4 Å². The van der Waals surface area contributed by atoms with Crippen LogP contribution < -0.4 is 0 Å². The maximum Gasteiger partial charge on any atom is 0.671 e. The average molecular weight is 675 g/mol. The second-order valence-electron chi connectivity index (χ2n) is 6.86. The Labute approximate surface area is 247 Å². The number of carbonyl (C=O) groups is 2. The molecular formula is C20H50O17Si4. The van der Waals surface area contributed by atoms with Crippen molar-refractivity contribution < 1.29 is 77.1 Å². The van der Waals surface area contributed by atoms with Crippen molar-refractivity contribution in [2.45, 2.75) is 69.2 Å². The van der Waals surface area contributed by atoms with Gasteiger partial charge in [0.15, 0.2) is 0 Å². The molecule has 0 heterocycles. The fraction of sp³-hybridized carbons (Fsp3) is 0.900. The highest BCUT2D eigenvalue weighted by Gasteiger charge is 2.67. The summed E-state index contributed by atoms with van der Waals surface area (Å²) in [5, 5.41) is 14.8. The van der Waals surface area contributed by atoms with Gasteiger partial charge in [-0.2, -0.15) is 0 Å². The van der Waals surface area contributed by atoms with E-state index in [0.29, 0.717) is 0 Å². The molecule has 0 saturated heterocycles. The van der Waals surface area contributed by atoms with E-state index in [0.717, 1.165) is 13.8 Å². The van der Waals surface area contributed by atoms with Gasteiger partial charge < -0.3 is 67.6 Å². The number of carboxylic acids is 2. The molecule has 17 nitrogen and oxygen atoms in total. The lowest BCUT2D eigenvalue weighted by Crippen LogP contribution is -2.69. The molecule has 0 aromatic heterocycles. The Morgan fingerprint density at radius 1 is 0.439 bits per heavy atom. The zero-order valence-electron chi connectivity index (χ0n) is 25.8. The molecule has 0 aliphatic rings. The molecule has 0 aliphatic heterocycles. The van der Waals surface area contributed by atoms with Crippen LogP contribution in [0.4, 0.5) is 0 Å². The van der Waals surface area contributed by atoms with Crippen LogP contribution in [-0.2, 0) is 57.3 Å². The maximum atomic E-state index is 10.9. The van der Waals surface area contributed by atoms with E-state index in [1.807, 2.05) is 0 Å². The van der Waals surface area contributed by atoms with Crippen LogP contribution in [0.1, 0.15) is 69.2 Å². The van der Waals surface area contributed by atoms with Crippen molar-refractivity contribution in [2.75, 3.05) is 52.9 Å². The number of rotatable bonds is 22. The van der Waals surface area contributed by atoms with Crippen molar-refractivity contribution in [3.05, 3.63) is 0 Å². The van der Waals surface area contributed by atoms with E-state index in [2.05, 4.69) is 0 Å². The third-order valence-corrected chi connectivity index (χ3v) is 14.6. The van der Waals surface area contributed by atoms with Crippen LogP contribution >= 0.6 is 0 Å². The molecule has 0 aromatic carbocycles. The molecule has 0 radical (unpaired) electrons. The Morgan fingerprint density at radius 2 is 0.610 bits per heavy atom. The molecule has 41 heavy (non-hydrogen) atoms. The molecule has 4 N–H and O–H groups in total. The smallest absolute Gasteiger partial charge is 0.481 e. The normalized spacial score (nSPS) is 12.2. The van der Waals surface area contributed by atoms with Crippen molar-refractivity contribution in [1.82, 2.24) is 0 Å². The molecule has 0 aliphatic carbocycles. The largest absolute Gasteiger partial charge is 0.671 e. The SMILES string of the molecule is CC(=O)O.CC(=O)O.CCO[Si](O)(OCC)O[Si](OCC)(OCC)O[Si](OCC)(OCC)O[Si](O)(OCC)OCC. The predicted octanol–water partition coefficient (Wildman–Crippen LogP) is 1.24. The number of hydrogen-bond acceptors (Lipinski definition) is 15. The second kappa shape index (κ2) is 24.7. The lowest BCUT2D eigenvalue weighted by molar-refractivity contribution is -0.135. The second-order valence-corrected chi connectivity index (χ2v) is 15.7. The van der Waals surface area contributed by atoms with Gasteiger partial charge in [-0.3, -0.25) is 9.59 Å². The molecule has 248 valence electrons. The first-order valence-electron chi connectivity index (χ1n) is 13.1. The van der Waals surface area contributed by atoms with Gasteiger partial charge in [0.2, 0.25) is 0 Å². The van der Waals surface area contributed by atoms with Crippen LogP contribution in [0.5, 0.6) is 0 Å². The Hall–Kier alpha value is -0.712. The van der Waals surface area contributed by atoms with E-state index >= 15 is 0 Å². The molecule has 0 spiro atoms. The Morgan fingerprint density at radius 3 is 0.756 bits per heavy atom. The lowest BCUT2D eigenvalue weighted by atomic mass is 10.9. The zero-order valence-corrected chi connectivity index (χ0v) is 29.8. The third-order valence-electron chi connectivity index (χ3n) is 3.35.